The van der Waals surface area contributed by atoms with Crippen molar-refractivity contribution in [3.63, 3.8) is 0 Å². The van der Waals surface area contributed by atoms with Gasteiger partial charge in [0, 0.05) is 6.04 Å². The lowest BCUT2D eigenvalue weighted by Gasteiger charge is -2.28. The van der Waals surface area contributed by atoms with Crippen molar-refractivity contribution in [2.45, 2.75) is 51.7 Å². The van der Waals surface area contributed by atoms with E-state index in [0.717, 1.165) is 31.6 Å². The lowest BCUT2D eigenvalue weighted by atomic mass is 9.87. The smallest absolute Gasteiger partial charge is 0.260 e. The molecule has 20 heavy (non-hydrogen) atoms. The Bertz CT molecular complexity index is 438. The molecule has 1 saturated carbocycles. The summed E-state index contributed by atoms with van der Waals surface area (Å²) in [6.07, 6.45) is 3.84. The molecule has 0 spiro atoms. The highest BCUT2D eigenvalue weighted by molar-refractivity contribution is 5.81. The molecule has 1 aliphatic rings. The maximum absolute atomic E-state index is 12.8. The molecule has 1 fully saturated rings. The molecule has 1 unspecified atom stereocenters. The largest absolute Gasteiger partial charge is 0.481 e. The first-order valence-corrected chi connectivity index (χ1v) is 7.27. The van der Waals surface area contributed by atoms with Gasteiger partial charge in [-0.2, -0.15) is 0 Å². The minimum absolute atomic E-state index is 0.103. The molecule has 110 valence electrons. The number of amides is 1. The number of carbonyl (C=O) groups excluding carboxylic acids is 1. The Kier molecular flexibility index (Phi) is 4.99. The van der Waals surface area contributed by atoms with Gasteiger partial charge in [-0.1, -0.05) is 6.92 Å². The van der Waals surface area contributed by atoms with Gasteiger partial charge in [0.05, 0.1) is 0 Å². The van der Waals surface area contributed by atoms with Gasteiger partial charge in [0.15, 0.2) is 6.10 Å². The van der Waals surface area contributed by atoms with E-state index in [1.807, 2.05) is 0 Å². The first kappa shape index (κ1) is 14.8. The van der Waals surface area contributed by atoms with Crippen LogP contribution in [0.4, 0.5) is 4.39 Å². The van der Waals surface area contributed by atoms with Crippen molar-refractivity contribution in [2.24, 2.45) is 5.92 Å². The second-order valence-electron chi connectivity index (χ2n) is 5.68. The van der Waals surface area contributed by atoms with Crippen LogP contribution in [0.2, 0.25) is 0 Å². The van der Waals surface area contributed by atoms with Gasteiger partial charge < -0.3 is 10.1 Å². The number of ether oxygens (including phenoxy) is 1. The topological polar surface area (TPSA) is 38.3 Å². The summed E-state index contributed by atoms with van der Waals surface area (Å²) in [5.41, 5.74) is 0. The van der Waals surface area contributed by atoms with Crippen LogP contribution >= 0.6 is 0 Å². The number of hydrogen-bond acceptors (Lipinski definition) is 2. The van der Waals surface area contributed by atoms with E-state index in [1.165, 1.54) is 24.3 Å². The van der Waals surface area contributed by atoms with E-state index in [9.17, 15) is 9.18 Å². The lowest BCUT2D eigenvalue weighted by Crippen LogP contribution is -2.43. The van der Waals surface area contributed by atoms with E-state index in [0.29, 0.717) is 5.75 Å². The molecule has 1 aromatic carbocycles. The standard InChI is InChI=1S/C16H22FNO2/c1-11-3-7-14(8-4-11)18-16(19)12(2)20-15-9-5-13(17)6-10-15/h5-6,9-12,14H,3-4,7-8H2,1-2H3,(H,18,19). The molecular weight excluding hydrogens is 257 g/mol. The van der Waals surface area contributed by atoms with E-state index >= 15 is 0 Å². The Hall–Kier alpha value is -1.58. The maximum atomic E-state index is 12.8. The molecule has 1 amide bonds. The molecule has 0 heterocycles. The summed E-state index contributed by atoms with van der Waals surface area (Å²) in [5, 5.41) is 3.03. The van der Waals surface area contributed by atoms with Crippen LogP contribution in [0.25, 0.3) is 0 Å². The number of rotatable bonds is 4. The fourth-order valence-corrected chi connectivity index (χ4v) is 2.49. The zero-order valence-electron chi connectivity index (χ0n) is 12.1. The van der Waals surface area contributed by atoms with Crippen molar-refractivity contribution in [3.05, 3.63) is 30.1 Å². The zero-order chi connectivity index (χ0) is 14.5. The summed E-state index contributed by atoms with van der Waals surface area (Å²) >= 11 is 0. The number of nitrogens with one attached hydrogen (secondary N) is 1. The van der Waals surface area contributed by atoms with Crippen molar-refractivity contribution >= 4 is 5.91 Å². The van der Waals surface area contributed by atoms with Crippen molar-refractivity contribution in [3.8, 4) is 5.75 Å². The maximum Gasteiger partial charge on any atom is 0.260 e. The molecule has 1 atom stereocenters. The van der Waals surface area contributed by atoms with Crippen LogP contribution in [-0.2, 0) is 4.79 Å². The summed E-state index contributed by atoms with van der Waals surface area (Å²) in [6, 6.07) is 5.96. The van der Waals surface area contributed by atoms with E-state index in [-0.39, 0.29) is 17.8 Å². The number of carbonyl (C=O) groups is 1. The van der Waals surface area contributed by atoms with Crippen molar-refractivity contribution in [1.82, 2.24) is 5.32 Å². The average Bonchev–Trinajstić information content (AvgIpc) is 2.44. The molecular formula is C16H22FNO2. The molecule has 4 heteroatoms. The summed E-state index contributed by atoms with van der Waals surface area (Å²) in [6.45, 7) is 3.96. The molecule has 0 radical (unpaired) electrons. The average molecular weight is 279 g/mol. The minimum atomic E-state index is -0.570. The predicted octanol–water partition coefficient (Wildman–Crippen LogP) is 3.29. The highest BCUT2D eigenvalue weighted by Crippen LogP contribution is 2.23. The van der Waals surface area contributed by atoms with Crippen LogP contribution in [0.15, 0.2) is 24.3 Å². The Morgan fingerprint density at radius 3 is 2.45 bits per heavy atom. The highest BCUT2D eigenvalue weighted by Gasteiger charge is 2.22. The fraction of sp³-hybridized carbons (Fsp3) is 0.562. The van der Waals surface area contributed by atoms with Crippen LogP contribution in [0, 0.1) is 11.7 Å². The van der Waals surface area contributed by atoms with Gasteiger partial charge in [-0.15, -0.1) is 0 Å². The van der Waals surface area contributed by atoms with Gasteiger partial charge in [-0.25, -0.2) is 4.39 Å². The molecule has 1 N–H and O–H groups in total. The van der Waals surface area contributed by atoms with Crippen LogP contribution in [-0.4, -0.2) is 18.1 Å². The quantitative estimate of drug-likeness (QED) is 0.918. The molecule has 0 aliphatic heterocycles. The van der Waals surface area contributed by atoms with Crippen LogP contribution in [0.1, 0.15) is 39.5 Å². The van der Waals surface area contributed by atoms with E-state index in [4.69, 9.17) is 4.74 Å². The van der Waals surface area contributed by atoms with Crippen molar-refractivity contribution < 1.29 is 13.9 Å². The van der Waals surface area contributed by atoms with Gasteiger partial charge in [0.2, 0.25) is 0 Å². The second-order valence-corrected chi connectivity index (χ2v) is 5.68. The van der Waals surface area contributed by atoms with Crippen LogP contribution in [0.5, 0.6) is 5.75 Å². The minimum Gasteiger partial charge on any atom is -0.481 e. The predicted molar refractivity (Wildman–Crippen MR) is 76.1 cm³/mol. The van der Waals surface area contributed by atoms with E-state index < -0.39 is 6.10 Å². The number of benzene rings is 1. The molecule has 2 rings (SSSR count). The molecule has 0 aromatic heterocycles. The van der Waals surface area contributed by atoms with Gasteiger partial charge in [0.25, 0.3) is 5.91 Å². The summed E-state index contributed by atoms with van der Waals surface area (Å²) < 4.78 is 18.3. The normalized spacial score (nSPS) is 23.9. The lowest BCUT2D eigenvalue weighted by molar-refractivity contribution is -0.128. The van der Waals surface area contributed by atoms with Crippen molar-refractivity contribution in [1.29, 1.82) is 0 Å². The first-order valence-electron chi connectivity index (χ1n) is 7.27. The third kappa shape index (κ3) is 4.22. The number of halogens is 1. The fourth-order valence-electron chi connectivity index (χ4n) is 2.49. The first-order chi connectivity index (χ1) is 9.54. The number of hydrogen-bond donors (Lipinski definition) is 1. The Morgan fingerprint density at radius 2 is 1.85 bits per heavy atom. The summed E-state index contributed by atoms with van der Waals surface area (Å²) in [5.74, 6) is 0.849. The van der Waals surface area contributed by atoms with Crippen molar-refractivity contribution in [2.75, 3.05) is 0 Å². The van der Waals surface area contributed by atoms with Gasteiger partial charge in [-0.3, -0.25) is 4.79 Å². The summed E-state index contributed by atoms with van der Waals surface area (Å²) in [7, 11) is 0. The highest BCUT2D eigenvalue weighted by atomic mass is 19.1. The van der Waals surface area contributed by atoms with E-state index in [2.05, 4.69) is 12.2 Å². The van der Waals surface area contributed by atoms with Crippen LogP contribution < -0.4 is 10.1 Å². The molecule has 3 nitrogen and oxygen atoms in total. The molecule has 1 aliphatic carbocycles. The Morgan fingerprint density at radius 1 is 1.25 bits per heavy atom. The molecule has 0 saturated heterocycles. The van der Waals surface area contributed by atoms with Gasteiger partial charge in [-0.05, 0) is 62.8 Å². The van der Waals surface area contributed by atoms with Crippen LogP contribution in [0.3, 0.4) is 0 Å². The molecule has 0 bridgehead atoms. The summed E-state index contributed by atoms with van der Waals surface area (Å²) in [4.78, 5) is 12.1. The monoisotopic (exact) mass is 279 g/mol. The zero-order valence-corrected chi connectivity index (χ0v) is 12.1. The van der Waals surface area contributed by atoms with Gasteiger partial charge in [0.1, 0.15) is 11.6 Å². The SMILES string of the molecule is CC1CCC(NC(=O)C(C)Oc2ccc(F)cc2)CC1. The Balaban J connectivity index is 1.81. The third-order valence-corrected chi connectivity index (χ3v) is 3.86. The molecule has 1 aromatic rings. The van der Waals surface area contributed by atoms with E-state index in [1.54, 1.807) is 6.92 Å². The third-order valence-electron chi connectivity index (χ3n) is 3.86. The Labute approximate surface area is 119 Å². The van der Waals surface area contributed by atoms with Gasteiger partial charge >= 0.3 is 0 Å². The second kappa shape index (κ2) is 6.73.